The molecule has 0 amide bonds. The zero-order valence-electron chi connectivity index (χ0n) is 16.2. The van der Waals surface area contributed by atoms with E-state index >= 15 is 0 Å². The van der Waals surface area contributed by atoms with E-state index in [1.54, 1.807) is 6.07 Å². The van der Waals surface area contributed by atoms with E-state index in [0.717, 1.165) is 37.7 Å². The van der Waals surface area contributed by atoms with Gasteiger partial charge in [-0.2, -0.15) is 15.1 Å². The zero-order valence-corrected chi connectivity index (χ0v) is 17.0. The Morgan fingerprint density at radius 2 is 1.83 bits per heavy atom. The number of halogens is 2. The molecule has 0 unspecified atom stereocenters. The lowest BCUT2D eigenvalue weighted by atomic mass is 10.3. The molecule has 1 fully saturated rings. The molecule has 0 aliphatic carbocycles. The van der Waals surface area contributed by atoms with Gasteiger partial charge in [-0.05, 0) is 32.2 Å². The molecule has 3 aromatic rings. The summed E-state index contributed by atoms with van der Waals surface area (Å²) < 4.78 is 13.8. The number of rotatable bonds is 5. The van der Waals surface area contributed by atoms with Crippen LogP contribution >= 0.6 is 11.6 Å². The molecule has 8 nitrogen and oxygen atoms in total. The molecule has 2 aromatic heterocycles. The van der Waals surface area contributed by atoms with Crippen LogP contribution in [-0.2, 0) is 0 Å². The number of aromatic amines is 1. The molecule has 4 rings (SSSR count). The molecule has 152 valence electrons. The van der Waals surface area contributed by atoms with E-state index in [1.807, 2.05) is 19.1 Å². The van der Waals surface area contributed by atoms with E-state index < -0.39 is 5.82 Å². The fraction of sp³-hybridized carbons (Fsp3) is 0.316. The van der Waals surface area contributed by atoms with Gasteiger partial charge in [0.15, 0.2) is 5.82 Å². The number of likely N-dealkylation sites (N-methyl/N-ethyl adjacent to an activating group) is 1. The summed E-state index contributed by atoms with van der Waals surface area (Å²) in [5.41, 5.74) is 1.46. The first-order chi connectivity index (χ1) is 14.0. The van der Waals surface area contributed by atoms with Gasteiger partial charge >= 0.3 is 0 Å². The standard InChI is InChI=1S/C19H22ClFN8/c1-12-9-17(27-26-12)23-16-11-18(29-7-5-28(2)6-8-29)25-19(24-16)22-13-3-4-14(20)15(21)10-13/h3-4,9-11H,5-8H2,1-2H3,(H3,22,23,24,25,26,27). The Kier molecular flexibility index (Phi) is 5.50. The molecule has 29 heavy (non-hydrogen) atoms. The Morgan fingerprint density at radius 1 is 1.03 bits per heavy atom. The van der Waals surface area contributed by atoms with Crippen molar-refractivity contribution >= 4 is 40.7 Å². The molecule has 0 radical (unpaired) electrons. The van der Waals surface area contributed by atoms with Gasteiger partial charge in [-0.3, -0.25) is 5.10 Å². The fourth-order valence-corrected chi connectivity index (χ4v) is 3.19. The number of hydrogen-bond donors (Lipinski definition) is 3. The minimum absolute atomic E-state index is 0.0684. The van der Waals surface area contributed by atoms with Gasteiger partial charge < -0.3 is 20.4 Å². The van der Waals surface area contributed by atoms with Crippen molar-refractivity contribution in [2.45, 2.75) is 6.92 Å². The first-order valence-electron chi connectivity index (χ1n) is 9.30. The van der Waals surface area contributed by atoms with Gasteiger partial charge in [0.25, 0.3) is 0 Å². The van der Waals surface area contributed by atoms with Gasteiger partial charge in [-0.25, -0.2) is 4.39 Å². The number of nitrogens with zero attached hydrogens (tertiary/aromatic N) is 5. The van der Waals surface area contributed by atoms with Crippen molar-refractivity contribution in [2.24, 2.45) is 0 Å². The zero-order chi connectivity index (χ0) is 20.4. The lowest BCUT2D eigenvalue weighted by Crippen LogP contribution is -2.44. The third kappa shape index (κ3) is 4.75. The van der Waals surface area contributed by atoms with Gasteiger partial charge in [0.1, 0.15) is 17.5 Å². The van der Waals surface area contributed by atoms with Gasteiger partial charge in [-0.15, -0.1) is 0 Å². The Bertz CT molecular complexity index is 1000. The van der Waals surface area contributed by atoms with E-state index in [0.29, 0.717) is 23.3 Å². The predicted octanol–water partition coefficient (Wildman–Crippen LogP) is 3.54. The Labute approximate surface area is 173 Å². The third-order valence-electron chi connectivity index (χ3n) is 4.68. The maximum Gasteiger partial charge on any atom is 0.231 e. The van der Waals surface area contributed by atoms with Gasteiger partial charge in [0.2, 0.25) is 5.95 Å². The normalized spacial score (nSPS) is 14.8. The van der Waals surface area contributed by atoms with Crippen molar-refractivity contribution in [1.29, 1.82) is 0 Å². The van der Waals surface area contributed by atoms with Crippen LogP contribution in [-0.4, -0.2) is 58.3 Å². The van der Waals surface area contributed by atoms with E-state index in [9.17, 15) is 4.39 Å². The van der Waals surface area contributed by atoms with Crippen molar-refractivity contribution in [3.8, 4) is 0 Å². The Balaban J connectivity index is 1.63. The van der Waals surface area contributed by atoms with Crippen LogP contribution in [0.4, 0.5) is 33.5 Å². The molecule has 0 atom stereocenters. The van der Waals surface area contributed by atoms with Crippen molar-refractivity contribution in [1.82, 2.24) is 25.1 Å². The smallest absolute Gasteiger partial charge is 0.231 e. The lowest BCUT2D eigenvalue weighted by molar-refractivity contribution is 0.312. The van der Waals surface area contributed by atoms with Gasteiger partial charge in [0.05, 0.1) is 5.02 Å². The van der Waals surface area contributed by atoms with E-state index in [-0.39, 0.29) is 5.02 Å². The number of aromatic nitrogens is 4. The topological polar surface area (TPSA) is 85.0 Å². The monoisotopic (exact) mass is 416 g/mol. The number of piperazine rings is 1. The van der Waals surface area contributed by atoms with E-state index in [1.165, 1.54) is 12.1 Å². The minimum Gasteiger partial charge on any atom is -0.354 e. The molecule has 1 saturated heterocycles. The molecule has 1 aliphatic rings. The summed E-state index contributed by atoms with van der Waals surface area (Å²) in [5.74, 6) is 1.90. The number of hydrogen-bond acceptors (Lipinski definition) is 7. The summed E-state index contributed by atoms with van der Waals surface area (Å²) in [6.07, 6.45) is 0. The summed E-state index contributed by atoms with van der Waals surface area (Å²) in [7, 11) is 2.10. The first-order valence-corrected chi connectivity index (χ1v) is 9.68. The van der Waals surface area contributed by atoms with Crippen LogP contribution in [0.15, 0.2) is 30.3 Å². The molecule has 0 bridgehead atoms. The highest BCUT2D eigenvalue weighted by atomic mass is 35.5. The Hall–Kier alpha value is -2.91. The highest BCUT2D eigenvalue weighted by Gasteiger charge is 2.18. The van der Waals surface area contributed by atoms with E-state index in [2.05, 4.69) is 47.6 Å². The van der Waals surface area contributed by atoms with Crippen molar-refractivity contribution in [2.75, 3.05) is 48.8 Å². The number of nitrogens with one attached hydrogen (secondary N) is 3. The molecular weight excluding hydrogens is 395 g/mol. The maximum atomic E-state index is 13.8. The Morgan fingerprint density at radius 3 is 2.52 bits per heavy atom. The summed E-state index contributed by atoms with van der Waals surface area (Å²) in [4.78, 5) is 13.6. The van der Waals surface area contributed by atoms with Crippen LogP contribution in [0.3, 0.4) is 0 Å². The second-order valence-electron chi connectivity index (χ2n) is 7.04. The second kappa shape index (κ2) is 8.22. The molecule has 0 saturated carbocycles. The SMILES string of the molecule is Cc1cc(Nc2cc(N3CCN(C)CC3)nc(Nc3ccc(Cl)c(F)c3)n2)n[nH]1. The summed E-state index contributed by atoms with van der Waals surface area (Å²) in [5, 5.41) is 13.4. The molecule has 3 heterocycles. The van der Waals surface area contributed by atoms with Crippen LogP contribution in [0.25, 0.3) is 0 Å². The van der Waals surface area contributed by atoms with Crippen LogP contribution in [0.1, 0.15) is 5.69 Å². The fourth-order valence-electron chi connectivity index (χ4n) is 3.07. The van der Waals surface area contributed by atoms with Crippen molar-refractivity contribution in [3.05, 3.63) is 46.9 Å². The number of anilines is 5. The first kappa shape index (κ1) is 19.4. The molecule has 1 aromatic carbocycles. The van der Waals surface area contributed by atoms with Crippen LogP contribution in [0.2, 0.25) is 5.02 Å². The number of benzene rings is 1. The average molecular weight is 417 g/mol. The van der Waals surface area contributed by atoms with Crippen LogP contribution in [0.5, 0.6) is 0 Å². The molecule has 10 heteroatoms. The third-order valence-corrected chi connectivity index (χ3v) is 4.98. The summed E-state index contributed by atoms with van der Waals surface area (Å²) >= 11 is 5.78. The average Bonchev–Trinajstić information content (AvgIpc) is 3.10. The van der Waals surface area contributed by atoms with Gasteiger partial charge in [0, 0.05) is 49.7 Å². The highest BCUT2D eigenvalue weighted by Crippen LogP contribution is 2.25. The van der Waals surface area contributed by atoms with Crippen molar-refractivity contribution < 1.29 is 4.39 Å². The van der Waals surface area contributed by atoms with Crippen LogP contribution < -0.4 is 15.5 Å². The highest BCUT2D eigenvalue weighted by molar-refractivity contribution is 6.30. The maximum absolute atomic E-state index is 13.8. The molecular formula is C19H22ClFN8. The van der Waals surface area contributed by atoms with E-state index in [4.69, 9.17) is 11.6 Å². The second-order valence-corrected chi connectivity index (χ2v) is 7.45. The van der Waals surface area contributed by atoms with Crippen LogP contribution in [0, 0.1) is 12.7 Å². The molecule has 0 spiro atoms. The quantitative estimate of drug-likeness (QED) is 0.586. The molecule has 1 aliphatic heterocycles. The minimum atomic E-state index is -0.503. The lowest BCUT2D eigenvalue weighted by Gasteiger charge is -2.33. The number of aryl methyl sites for hydroxylation is 1. The molecule has 3 N–H and O–H groups in total. The van der Waals surface area contributed by atoms with Crippen molar-refractivity contribution in [3.63, 3.8) is 0 Å². The number of H-pyrrole nitrogens is 1. The summed E-state index contributed by atoms with van der Waals surface area (Å²) in [6, 6.07) is 8.28. The van der Waals surface area contributed by atoms with Gasteiger partial charge in [-0.1, -0.05) is 11.6 Å². The summed E-state index contributed by atoms with van der Waals surface area (Å²) in [6.45, 7) is 5.57. The predicted molar refractivity (Wildman–Crippen MR) is 113 cm³/mol. The largest absolute Gasteiger partial charge is 0.354 e.